The van der Waals surface area contributed by atoms with Gasteiger partial charge in [0.15, 0.2) is 0 Å². The van der Waals surface area contributed by atoms with E-state index in [1.54, 1.807) is 0 Å². The fourth-order valence-electron chi connectivity index (χ4n) is 0.292. The second kappa shape index (κ2) is 1.89. The minimum Gasteiger partial charge on any atom is -0.274 e. The quantitative estimate of drug-likeness (QED) is 0.483. The molecule has 0 aromatic heterocycles. The summed E-state index contributed by atoms with van der Waals surface area (Å²) in [5, 5.41) is 0. The van der Waals surface area contributed by atoms with E-state index in [0.29, 0.717) is 0 Å². The van der Waals surface area contributed by atoms with Crippen LogP contribution in [0.25, 0.3) is 0 Å². The van der Waals surface area contributed by atoms with E-state index in [1.165, 1.54) is 23.5 Å². The molecule has 0 radical (unpaired) electrons. The van der Waals surface area contributed by atoms with Crippen molar-refractivity contribution in [2.24, 2.45) is 0 Å². The van der Waals surface area contributed by atoms with E-state index in [2.05, 4.69) is 0 Å². The zero-order chi connectivity index (χ0) is 4.41. The van der Waals surface area contributed by atoms with E-state index in [1.807, 2.05) is 0 Å². The van der Waals surface area contributed by atoms with Crippen LogP contribution < -0.4 is 0 Å². The first kappa shape index (κ1) is 4.53. The average Bonchev–Trinajstić information content (AvgIpc) is 1.86. The van der Waals surface area contributed by atoms with Crippen molar-refractivity contribution in [1.82, 2.24) is 0 Å². The molecule has 0 amide bonds. The van der Waals surface area contributed by atoms with Crippen LogP contribution >= 0.6 is 23.5 Å². The molecule has 0 atom stereocenters. The second-order valence-electron chi connectivity index (χ2n) is 0.947. The van der Waals surface area contributed by atoms with Gasteiger partial charge in [0.2, 0.25) is 4.45 Å². The largest absolute Gasteiger partial charge is 0.274 e. The van der Waals surface area contributed by atoms with Crippen LogP contribution in [0.5, 0.6) is 0 Å². The Morgan fingerprint density at radius 3 is 2.00 bits per heavy atom. The van der Waals surface area contributed by atoms with Crippen molar-refractivity contribution in [3.8, 4) is 0 Å². The lowest BCUT2D eigenvalue weighted by molar-refractivity contribution is 0.277. The van der Waals surface area contributed by atoms with Crippen molar-refractivity contribution >= 4 is 28.0 Å². The fourth-order valence-corrected chi connectivity index (χ4v) is 2.12. The van der Waals surface area contributed by atoms with Crippen LogP contribution in [0.15, 0.2) is 0 Å². The Morgan fingerprint density at radius 1 is 1.33 bits per heavy atom. The molecule has 0 aromatic rings. The first-order valence-electron chi connectivity index (χ1n) is 1.69. The third-order valence-corrected chi connectivity index (χ3v) is 2.78. The zero-order valence-electron chi connectivity index (χ0n) is 3.14. The topological polar surface area (TPSA) is 17.1 Å². The van der Waals surface area contributed by atoms with Crippen molar-refractivity contribution in [3.63, 3.8) is 0 Å². The fraction of sp³-hybridized carbons (Fsp3) is 0.667. The Labute approximate surface area is 44.9 Å². The number of hydrogen-bond donors (Lipinski definition) is 0. The van der Waals surface area contributed by atoms with Crippen molar-refractivity contribution in [2.75, 3.05) is 11.5 Å². The molecule has 0 spiro atoms. The smallest absolute Gasteiger partial charge is 0.246 e. The predicted octanol–water partition coefficient (Wildman–Crippen LogP) is 1.59. The van der Waals surface area contributed by atoms with Crippen molar-refractivity contribution < 1.29 is 4.79 Å². The highest BCUT2D eigenvalue weighted by Gasteiger charge is 2.09. The monoisotopic (exact) mass is 120 g/mol. The van der Waals surface area contributed by atoms with E-state index in [0.717, 1.165) is 11.5 Å². The molecule has 0 saturated carbocycles. The summed E-state index contributed by atoms with van der Waals surface area (Å²) >= 11 is 2.84. The first-order valence-corrected chi connectivity index (χ1v) is 3.66. The highest BCUT2D eigenvalue weighted by atomic mass is 32.2. The van der Waals surface area contributed by atoms with Gasteiger partial charge >= 0.3 is 0 Å². The molecule has 0 aromatic carbocycles. The Kier molecular flexibility index (Phi) is 1.42. The Bertz CT molecular complexity index is 63.2. The third-order valence-electron chi connectivity index (χ3n) is 0.523. The normalized spacial score (nSPS) is 22.3. The van der Waals surface area contributed by atoms with Crippen LogP contribution in [0, 0.1) is 0 Å². The maximum atomic E-state index is 10.2. The Hall–Kier alpha value is 0.370. The lowest BCUT2D eigenvalue weighted by Gasteiger charge is -1.70. The molecule has 0 bridgehead atoms. The van der Waals surface area contributed by atoms with E-state index in [4.69, 9.17) is 0 Å². The summed E-state index contributed by atoms with van der Waals surface area (Å²) in [4.78, 5) is 10.2. The standard InChI is InChI=1S/C3H4OS2/c4-3-5-1-2-6-3/h1-2H2. The van der Waals surface area contributed by atoms with Crippen molar-refractivity contribution in [1.29, 1.82) is 0 Å². The maximum Gasteiger partial charge on any atom is 0.246 e. The van der Waals surface area contributed by atoms with Gasteiger partial charge in [0.1, 0.15) is 0 Å². The lowest BCUT2D eigenvalue weighted by Crippen LogP contribution is -1.64. The average molecular weight is 120 g/mol. The SMILES string of the molecule is O=C1SCCS1. The number of thioether (sulfide) groups is 2. The molecule has 1 saturated heterocycles. The summed E-state index contributed by atoms with van der Waals surface area (Å²) in [6.07, 6.45) is 0. The molecule has 1 heterocycles. The van der Waals surface area contributed by atoms with Gasteiger partial charge < -0.3 is 0 Å². The number of carbonyl (C=O) groups excluding carboxylic acids is 1. The Morgan fingerprint density at radius 2 is 1.83 bits per heavy atom. The van der Waals surface area contributed by atoms with Gasteiger partial charge in [-0.25, -0.2) is 0 Å². The molecule has 1 aliphatic heterocycles. The molecular weight excluding hydrogens is 116 g/mol. The highest BCUT2D eigenvalue weighted by molar-refractivity contribution is 8.41. The molecule has 1 fully saturated rings. The first-order chi connectivity index (χ1) is 2.89. The van der Waals surface area contributed by atoms with Crippen molar-refractivity contribution in [3.05, 3.63) is 0 Å². The summed E-state index contributed by atoms with van der Waals surface area (Å²) < 4.78 is 0.287. The molecule has 0 unspecified atom stereocenters. The molecule has 1 aliphatic rings. The molecule has 34 valence electrons. The van der Waals surface area contributed by atoms with Crippen molar-refractivity contribution in [2.45, 2.75) is 0 Å². The summed E-state index contributed by atoms with van der Waals surface area (Å²) in [5.74, 6) is 2.03. The van der Waals surface area contributed by atoms with Gasteiger partial charge in [-0.2, -0.15) is 0 Å². The predicted molar refractivity (Wildman–Crippen MR) is 30.3 cm³/mol. The number of rotatable bonds is 0. The molecule has 1 nitrogen and oxygen atoms in total. The van der Waals surface area contributed by atoms with Crippen LogP contribution in [0.4, 0.5) is 4.79 Å². The van der Waals surface area contributed by atoms with E-state index in [-0.39, 0.29) is 4.45 Å². The minimum atomic E-state index is 0.287. The Balaban J connectivity index is 2.37. The van der Waals surface area contributed by atoms with Crippen LogP contribution in [-0.2, 0) is 0 Å². The molecule has 3 heteroatoms. The zero-order valence-corrected chi connectivity index (χ0v) is 4.77. The summed E-state index contributed by atoms with van der Waals surface area (Å²) in [6.45, 7) is 0. The maximum absolute atomic E-state index is 10.2. The second-order valence-corrected chi connectivity index (χ2v) is 3.34. The van der Waals surface area contributed by atoms with E-state index in [9.17, 15) is 4.79 Å². The highest BCUT2D eigenvalue weighted by Crippen LogP contribution is 2.24. The van der Waals surface area contributed by atoms with Gasteiger partial charge in [0, 0.05) is 11.5 Å². The molecule has 6 heavy (non-hydrogen) atoms. The summed E-state index contributed by atoms with van der Waals surface area (Å²) in [6, 6.07) is 0. The van der Waals surface area contributed by atoms with Gasteiger partial charge in [-0.1, -0.05) is 23.5 Å². The third kappa shape index (κ3) is 0.914. The molecule has 0 aliphatic carbocycles. The number of carbonyl (C=O) groups is 1. The van der Waals surface area contributed by atoms with Gasteiger partial charge in [0.05, 0.1) is 0 Å². The number of hydrogen-bond acceptors (Lipinski definition) is 3. The molecular formula is C3H4OS2. The van der Waals surface area contributed by atoms with Crippen LogP contribution in [0.2, 0.25) is 0 Å². The van der Waals surface area contributed by atoms with E-state index < -0.39 is 0 Å². The van der Waals surface area contributed by atoms with Crippen LogP contribution in [-0.4, -0.2) is 16.0 Å². The minimum absolute atomic E-state index is 0.287. The van der Waals surface area contributed by atoms with Crippen LogP contribution in [0.3, 0.4) is 0 Å². The molecule has 0 N–H and O–H groups in total. The van der Waals surface area contributed by atoms with Gasteiger partial charge in [-0.15, -0.1) is 0 Å². The van der Waals surface area contributed by atoms with E-state index >= 15 is 0 Å². The van der Waals surface area contributed by atoms with Gasteiger partial charge in [-0.05, 0) is 0 Å². The van der Waals surface area contributed by atoms with Gasteiger partial charge in [-0.3, -0.25) is 4.79 Å². The molecule has 1 rings (SSSR count). The van der Waals surface area contributed by atoms with Gasteiger partial charge in [0.25, 0.3) is 0 Å². The van der Waals surface area contributed by atoms with Crippen LogP contribution in [0.1, 0.15) is 0 Å². The summed E-state index contributed by atoms with van der Waals surface area (Å²) in [7, 11) is 0. The summed E-state index contributed by atoms with van der Waals surface area (Å²) in [5.41, 5.74) is 0. The lowest BCUT2D eigenvalue weighted by atomic mass is 11.0.